The van der Waals surface area contributed by atoms with Gasteiger partial charge in [-0.3, -0.25) is 0 Å². The van der Waals surface area contributed by atoms with Gasteiger partial charge in [0, 0.05) is 16.6 Å². The van der Waals surface area contributed by atoms with Crippen LogP contribution in [0, 0.1) is 0 Å². The zero-order valence-corrected chi connectivity index (χ0v) is 13.7. The molecule has 1 aliphatic rings. The van der Waals surface area contributed by atoms with E-state index in [1.807, 2.05) is 12.1 Å². The molecular formula is C15H23ClN3S+. The monoisotopic (exact) mass is 312 g/mol. The van der Waals surface area contributed by atoms with Crippen molar-refractivity contribution in [1.29, 1.82) is 0 Å². The molecule has 1 fully saturated rings. The number of nitrogens with one attached hydrogen (secondary N) is 2. The topological polar surface area (TPSA) is 19.7 Å². The molecule has 110 valence electrons. The third kappa shape index (κ3) is 4.62. The Bertz CT molecular complexity index is 456. The van der Waals surface area contributed by atoms with Gasteiger partial charge in [-0.2, -0.15) is 0 Å². The van der Waals surface area contributed by atoms with Crippen LogP contribution in [0.4, 0.5) is 0 Å². The molecule has 0 amide bonds. The molecule has 1 aromatic carbocycles. The Hall–Kier alpha value is -0.840. The van der Waals surface area contributed by atoms with Crippen LogP contribution < -0.4 is 10.2 Å². The van der Waals surface area contributed by atoms with E-state index < -0.39 is 0 Å². The number of thiocarbonyl (C=S) groups is 1. The summed E-state index contributed by atoms with van der Waals surface area (Å²) in [6, 6.07) is 8.56. The molecule has 1 saturated heterocycles. The Morgan fingerprint density at radius 2 is 2.10 bits per heavy atom. The van der Waals surface area contributed by atoms with E-state index in [-0.39, 0.29) is 0 Å². The summed E-state index contributed by atoms with van der Waals surface area (Å²) in [5.41, 5.74) is 1.31. The first kappa shape index (κ1) is 15.5. The minimum Gasteiger partial charge on any atom is -0.360 e. The van der Waals surface area contributed by atoms with Crippen molar-refractivity contribution in [2.45, 2.75) is 26.4 Å². The summed E-state index contributed by atoms with van der Waals surface area (Å²) >= 11 is 11.5. The van der Waals surface area contributed by atoms with E-state index in [0.717, 1.165) is 42.9 Å². The summed E-state index contributed by atoms with van der Waals surface area (Å²) in [5.74, 6) is 0. The maximum absolute atomic E-state index is 6.03. The molecule has 1 heterocycles. The first-order chi connectivity index (χ1) is 9.54. The van der Waals surface area contributed by atoms with Gasteiger partial charge in [-0.1, -0.05) is 23.7 Å². The zero-order chi connectivity index (χ0) is 14.5. The van der Waals surface area contributed by atoms with Crippen LogP contribution in [0.2, 0.25) is 5.02 Å². The van der Waals surface area contributed by atoms with Crippen LogP contribution in [0.25, 0.3) is 0 Å². The molecule has 5 heteroatoms. The third-order valence-corrected chi connectivity index (χ3v) is 4.12. The van der Waals surface area contributed by atoms with Crippen molar-refractivity contribution in [3.63, 3.8) is 0 Å². The van der Waals surface area contributed by atoms with E-state index >= 15 is 0 Å². The summed E-state index contributed by atoms with van der Waals surface area (Å²) in [5, 5.41) is 5.03. The molecule has 20 heavy (non-hydrogen) atoms. The molecule has 0 radical (unpaired) electrons. The van der Waals surface area contributed by atoms with Gasteiger partial charge in [-0.05, 0) is 38.2 Å². The summed E-state index contributed by atoms with van der Waals surface area (Å²) in [7, 11) is 0. The van der Waals surface area contributed by atoms with Crippen molar-refractivity contribution in [3.8, 4) is 0 Å². The third-order valence-electron chi connectivity index (χ3n) is 3.51. The SMILES string of the molecule is CC(C)NC(=S)N1CC[NH+](Cc2cccc(Cl)c2)CC1. The number of rotatable bonds is 3. The Balaban J connectivity index is 1.81. The standard InChI is InChI=1S/C15H22ClN3S/c1-12(2)17-15(20)19-8-6-18(7-9-19)11-13-4-3-5-14(16)10-13/h3-5,10,12H,6-9,11H2,1-2H3,(H,17,20)/p+1. The zero-order valence-electron chi connectivity index (χ0n) is 12.2. The lowest BCUT2D eigenvalue weighted by atomic mass is 10.2. The molecule has 0 spiro atoms. The van der Waals surface area contributed by atoms with Crippen molar-refractivity contribution >= 4 is 28.9 Å². The smallest absolute Gasteiger partial charge is 0.169 e. The lowest BCUT2D eigenvalue weighted by Crippen LogP contribution is -3.13. The van der Waals surface area contributed by atoms with Gasteiger partial charge in [-0.25, -0.2) is 0 Å². The molecule has 0 atom stereocenters. The summed E-state index contributed by atoms with van der Waals surface area (Å²) < 4.78 is 0. The molecule has 1 aliphatic heterocycles. The van der Waals surface area contributed by atoms with Gasteiger partial charge in [0.15, 0.2) is 5.11 Å². The van der Waals surface area contributed by atoms with Crippen LogP contribution in [0.1, 0.15) is 19.4 Å². The predicted octanol–water partition coefficient (Wildman–Crippen LogP) is 1.32. The number of hydrogen-bond donors (Lipinski definition) is 2. The van der Waals surface area contributed by atoms with Gasteiger partial charge in [0.25, 0.3) is 0 Å². The van der Waals surface area contributed by atoms with Crippen LogP contribution in [0.15, 0.2) is 24.3 Å². The lowest BCUT2D eigenvalue weighted by Gasteiger charge is -2.34. The number of quaternary nitrogens is 1. The molecule has 0 aromatic heterocycles. The molecule has 3 nitrogen and oxygen atoms in total. The van der Waals surface area contributed by atoms with Gasteiger partial charge < -0.3 is 15.1 Å². The fourth-order valence-corrected chi connectivity index (χ4v) is 3.11. The Labute approximate surface area is 131 Å². The molecule has 0 saturated carbocycles. The molecule has 0 unspecified atom stereocenters. The summed E-state index contributed by atoms with van der Waals surface area (Å²) in [4.78, 5) is 3.87. The largest absolute Gasteiger partial charge is 0.360 e. The van der Waals surface area contributed by atoms with E-state index in [2.05, 4.69) is 36.2 Å². The van der Waals surface area contributed by atoms with Crippen LogP contribution >= 0.6 is 23.8 Å². The van der Waals surface area contributed by atoms with Crippen LogP contribution in [0.3, 0.4) is 0 Å². The molecule has 0 aliphatic carbocycles. The highest BCUT2D eigenvalue weighted by Crippen LogP contribution is 2.09. The molecule has 2 N–H and O–H groups in total. The Kier molecular flexibility index (Phi) is 5.64. The fraction of sp³-hybridized carbons (Fsp3) is 0.533. The van der Waals surface area contributed by atoms with Crippen molar-refractivity contribution in [1.82, 2.24) is 10.2 Å². The van der Waals surface area contributed by atoms with Gasteiger partial charge in [0.05, 0.1) is 26.2 Å². The Morgan fingerprint density at radius 1 is 1.40 bits per heavy atom. The average molecular weight is 313 g/mol. The van der Waals surface area contributed by atoms with E-state index in [9.17, 15) is 0 Å². The summed E-state index contributed by atoms with van der Waals surface area (Å²) in [6.07, 6.45) is 0. The van der Waals surface area contributed by atoms with Crippen LogP contribution in [0.5, 0.6) is 0 Å². The highest BCUT2D eigenvalue weighted by atomic mass is 35.5. The molecule has 1 aromatic rings. The van der Waals surface area contributed by atoms with E-state index in [4.69, 9.17) is 23.8 Å². The van der Waals surface area contributed by atoms with E-state index in [0.29, 0.717) is 6.04 Å². The normalized spacial score (nSPS) is 16.5. The second-order valence-electron chi connectivity index (χ2n) is 5.65. The second kappa shape index (κ2) is 7.25. The Morgan fingerprint density at radius 3 is 2.70 bits per heavy atom. The highest BCUT2D eigenvalue weighted by molar-refractivity contribution is 7.80. The molecular weight excluding hydrogens is 290 g/mol. The first-order valence-corrected chi connectivity index (χ1v) is 7.96. The van der Waals surface area contributed by atoms with Crippen molar-refractivity contribution in [2.24, 2.45) is 0 Å². The predicted molar refractivity (Wildman–Crippen MR) is 88.3 cm³/mol. The minimum atomic E-state index is 0.402. The number of piperazine rings is 1. The lowest BCUT2D eigenvalue weighted by molar-refractivity contribution is -0.917. The number of halogens is 1. The van der Waals surface area contributed by atoms with Gasteiger partial charge in [-0.15, -0.1) is 0 Å². The number of benzene rings is 1. The summed E-state index contributed by atoms with van der Waals surface area (Å²) in [6.45, 7) is 9.56. The van der Waals surface area contributed by atoms with Crippen molar-refractivity contribution in [3.05, 3.63) is 34.9 Å². The average Bonchev–Trinajstić information content (AvgIpc) is 2.38. The van der Waals surface area contributed by atoms with E-state index in [1.165, 1.54) is 5.56 Å². The van der Waals surface area contributed by atoms with Crippen LogP contribution in [-0.4, -0.2) is 42.2 Å². The van der Waals surface area contributed by atoms with Crippen LogP contribution in [-0.2, 0) is 6.54 Å². The molecule has 0 bridgehead atoms. The first-order valence-electron chi connectivity index (χ1n) is 7.18. The van der Waals surface area contributed by atoms with E-state index in [1.54, 1.807) is 4.90 Å². The maximum atomic E-state index is 6.03. The highest BCUT2D eigenvalue weighted by Gasteiger charge is 2.21. The number of hydrogen-bond acceptors (Lipinski definition) is 1. The van der Waals surface area contributed by atoms with Gasteiger partial charge in [0.1, 0.15) is 6.54 Å². The van der Waals surface area contributed by atoms with Gasteiger partial charge in [0.2, 0.25) is 0 Å². The fourth-order valence-electron chi connectivity index (χ4n) is 2.48. The molecule has 2 rings (SSSR count). The number of nitrogens with zero attached hydrogens (tertiary/aromatic N) is 1. The van der Waals surface area contributed by atoms with Crippen molar-refractivity contribution < 1.29 is 4.90 Å². The second-order valence-corrected chi connectivity index (χ2v) is 6.47. The van der Waals surface area contributed by atoms with Gasteiger partial charge >= 0.3 is 0 Å². The minimum absolute atomic E-state index is 0.402. The maximum Gasteiger partial charge on any atom is 0.169 e. The quantitative estimate of drug-likeness (QED) is 0.822. The van der Waals surface area contributed by atoms with Crippen molar-refractivity contribution in [2.75, 3.05) is 26.2 Å².